The average molecular weight is 245 g/mol. The summed E-state index contributed by atoms with van der Waals surface area (Å²) in [5, 5.41) is 0. The Balaban J connectivity index is 1.81. The Kier molecular flexibility index (Phi) is 4.63. The zero-order valence-electron chi connectivity index (χ0n) is 10.8. The third-order valence-electron chi connectivity index (χ3n) is 3.20. The number of nitrogens with zero attached hydrogens (tertiary/aromatic N) is 1. The van der Waals surface area contributed by atoms with Crippen molar-refractivity contribution < 1.29 is 9.47 Å². The summed E-state index contributed by atoms with van der Waals surface area (Å²) >= 11 is 0. The van der Waals surface area contributed by atoms with Crippen molar-refractivity contribution in [2.45, 2.75) is 19.1 Å². The van der Waals surface area contributed by atoms with Crippen LogP contribution in [0, 0.1) is 12.3 Å². The monoisotopic (exact) mass is 245 g/mol. The third-order valence-corrected chi connectivity index (χ3v) is 3.20. The van der Waals surface area contributed by atoms with Gasteiger partial charge in [-0.25, -0.2) is 0 Å². The van der Waals surface area contributed by atoms with Crippen molar-refractivity contribution in [3.05, 3.63) is 29.8 Å². The van der Waals surface area contributed by atoms with Crippen molar-refractivity contribution in [2.75, 3.05) is 26.8 Å². The largest absolute Gasteiger partial charge is 0.497 e. The van der Waals surface area contributed by atoms with Gasteiger partial charge in [-0.2, -0.15) is 0 Å². The normalized spacial score (nSPS) is 19.7. The van der Waals surface area contributed by atoms with E-state index in [1.54, 1.807) is 7.11 Å². The summed E-state index contributed by atoms with van der Waals surface area (Å²) in [5.41, 5.74) is 1.30. The molecule has 1 fully saturated rings. The van der Waals surface area contributed by atoms with E-state index >= 15 is 0 Å². The fourth-order valence-corrected chi connectivity index (χ4v) is 2.23. The van der Waals surface area contributed by atoms with E-state index in [-0.39, 0.29) is 0 Å². The Morgan fingerprint density at radius 1 is 1.39 bits per heavy atom. The fourth-order valence-electron chi connectivity index (χ4n) is 2.23. The minimum atomic E-state index is 0.291. The summed E-state index contributed by atoms with van der Waals surface area (Å²) in [6.07, 6.45) is 6.55. The van der Waals surface area contributed by atoms with Gasteiger partial charge >= 0.3 is 0 Å². The van der Waals surface area contributed by atoms with Crippen molar-refractivity contribution in [3.63, 3.8) is 0 Å². The quantitative estimate of drug-likeness (QED) is 0.740. The molecule has 1 heterocycles. The fraction of sp³-hybridized carbons (Fsp3) is 0.467. The van der Waals surface area contributed by atoms with Crippen molar-refractivity contribution in [2.24, 2.45) is 0 Å². The minimum absolute atomic E-state index is 0.291. The van der Waals surface area contributed by atoms with Gasteiger partial charge in [0.1, 0.15) is 12.4 Å². The number of rotatable bonds is 5. The SMILES string of the molecule is C#CCO[C@H]1CCN(Cc2ccc(OC)cc2)C1. The second-order valence-corrected chi connectivity index (χ2v) is 4.51. The van der Waals surface area contributed by atoms with Crippen LogP contribution >= 0.6 is 0 Å². The molecule has 1 atom stereocenters. The van der Waals surface area contributed by atoms with Crippen LogP contribution in [-0.2, 0) is 11.3 Å². The topological polar surface area (TPSA) is 21.7 Å². The van der Waals surface area contributed by atoms with Gasteiger partial charge in [0.05, 0.1) is 13.2 Å². The summed E-state index contributed by atoms with van der Waals surface area (Å²) < 4.78 is 10.7. The van der Waals surface area contributed by atoms with Crippen LogP contribution in [0.5, 0.6) is 5.75 Å². The molecule has 0 aromatic heterocycles. The van der Waals surface area contributed by atoms with Crippen LogP contribution in [0.1, 0.15) is 12.0 Å². The van der Waals surface area contributed by atoms with Gasteiger partial charge in [-0.3, -0.25) is 4.90 Å². The molecule has 1 aromatic carbocycles. The van der Waals surface area contributed by atoms with Crippen LogP contribution < -0.4 is 4.74 Å². The van der Waals surface area contributed by atoms with Crippen LogP contribution in [0.3, 0.4) is 0 Å². The Hall–Kier alpha value is -1.50. The molecule has 0 spiro atoms. The summed E-state index contributed by atoms with van der Waals surface area (Å²) in [6, 6.07) is 8.21. The number of hydrogen-bond donors (Lipinski definition) is 0. The van der Waals surface area contributed by atoms with Crippen LogP contribution in [0.25, 0.3) is 0 Å². The molecule has 1 aliphatic rings. The van der Waals surface area contributed by atoms with E-state index in [9.17, 15) is 0 Å². The van der Waals surface area contributed by atoms with Gasteiger partial charge in [0.15, 0.2) is 0 Å². The second kappa shape index (κ2) is 6.44. The van der Waals surface area contributed by atoms with Crippen LogP contribution in [0.15, 0.2) is 24.3 Å². The number of ether oxygens (including phenoxy) is 2. The summed E-state index contributed by atoms with van der Waals surface area (Å²) in [7, 11) is 1.68. The molecule has 1 aliphatic heterocycles. The first kappa shape index (κ1) is 12.9. The second-order valence-electron chi connectivity index (χ2n) is 4.51. The lowest BCUT2D eigenvalue weighted by atomic mass is 10.2. The highest BCUT2D eigenvalue weighted by Crippen LogP contribution is 2.17. The molecule has 3 heteroatoms. The number of hydrogen-bond acceptors (Lipinski definition) is 3. The van der Waals surface area contributed by atoms with Gasteiger partial charge in [-0.1, -0.05) is 18.1 Å². The minimum Gasteiger partial charge on any atom is -0.497 e. The molecule has 0 amide bonds. The van der Waals surface area contributed by atoms with Crippen molar-refractivity contribution in [3.8, 4) is 18.1 Å². The van der Waals surface area contributed by atoms with E-state index in [1.807, 2.05) is 12.1 Å². The lowest BCUT2D eigenvalue weighted by Gasteiger charge is -2.16. The van der Waals surface area contributed by atoms with Crippen molar-refractivity contribution >= 4 is 0 Å². The molecular weight excluding hydrogens is 226 g/mol. The Bertz CT molecular complexity index is 407. The lowest BCUT2D eigenvalue weighted by Crippen LogP contribution is -2.23. The van der Waals surface area contributed by atoms with E-state index in [4.69, 9.17) is 15.9 Å². The molecule has 0 radical (unpaired) electrons. The molecule has 1 aromatic rings. The predicted octanol–water partition coefficient (Wildman–Crippen LogP) is 1.92. The highest BCUT2D eigenvalue weighted by atomic mass is 16.5. The maximum atomic E-state index is 5.56. The van der Waals surface area contributed by atoms with Gasteiger partial charge in [0.2, 0.25) is 0 Å². The predicted molar refractivity (Wildman–Crippen MR) is 71.5 cm³/mol. The summed E-state index contributed by atoms with van der Waals surface area (Å²) in [5.74, 6) is 3.42. The molecule has 0 bridgehead atoms. The van der Waals surface area contributed by atoms with E-state index < -0.39 is 0 Å². The molecular formula is C15H19NO2. The average Bonchev–Trinajstić information content (AvgIpc) is 2.85. The molecule has 96 valence electrons. The summed E-state index contributed by atoms with van der Waals surface area (Å²) in [6.45, 7) is 3.41. The van der Waals surface area contributed by atoms with Gasteiger partial charge in [-0.05, 0) is 24.1 Å². The smallest absolute Gasteiger partial charge is 0.118 e. The van der Waals surface area contributed by atoms with Crippen LogP contribution in [-0.4, -0.2) is 37.8 Å². The molecule has 0 aliphatic carbocycles. The standard InChI is InChI=1S/C15H19NO2/c1-3-10-18-15-8-9-16(12-15)11-13-4-6-14(17-2)7-5-13/h1,4-7,15H,8-12H2,2H3/t15-/m0/s1. The maximum Gasteiger partial charge on any atom is 0.118 e. The van der Waals surface area contributed by atoms with Gasteiger partial charge in [-0.15, -0.1) is 6.42 Å². The lowest BCUT2D eigenvalue weighted by molar-refractivity contribution is 0.0831. The molecule has 2 rings (SSSR count). The van der Waals surface area contributed by atoms with E-state index in [2.05, 4.69) is 23.0 Å². The Morgan fingerprint density at radius 2 is 2.17 bits per heavy atom. The van der Waals surface area contributed by atoms with E-state index in [0.717, 1.165) is 31.8 Å². The Morgan fingerprint density at radius 3 is 2.83 bits per heavy atom. The molecule has 0 saturated carbocycles. The third kappa shape index (κ3) is 3.49. The highest BCUT2D eigenvalue weighted by molar-refractivity contribution is 5.27. The van der Waals surface area contributed by atoms with Gasteiger partial charge in [0.25, 0.3) is 0 Å². The first-order chi connectivity index (χ1) is 8.81. The zero-order valence-corrected chi connectivity index (χ0v) is 10.8. The van der Waals surface area contributed by atoms with Gasteiger partial charge < -0.3 is 9.47 Å². The molecule has 3 nitrogen and oxygen atoms in total. The zero-order chi connectivity index (χ0) is 12.8. The number of benzene rings is 1. The van der Waals surface area contributed by atoms with Crippen LogP contribution in [0.4, 0.5) is 0 Å². The summed E-state index contributed by atoms with van der Waals surface area (Å²) in [4.78, 5) is 2.39. The molecule has 0 N–H and O–H groups in total. The number of likely N-dealkylation sites (tertiary alicyclic amines) is 1. The van der Waals surface area contributed by atoms with E-state index in [1.165, 1.54) is 5.56 Å². The molecule has 18 heavy (non-hydrogen) atoms. The molecule has 0 unspecified atom stereocenters. The first-order valence-corrected chi connectivity index (χ1v) is 6.22. The first-order valence-electron chi connectivity index (χ1n) is 6.22. The van der Waals surface area contributed by atoms with Crippen LogP contribution in [0.2, 0.25) is 0 Å². The number of methoxy groups -OCH3 is 1. The Labute approximate surface area is 109 Å². The highest BCUT2D eigenvalue weighted by Gasteiger charge is 2.22. The number of terminal acetylenes is 1. The van der Waals surface area contributed by atoms with Gasteiger partial charge in [0, 0.05) is 19.6 Å². The van der Waals surface area contributed by atoms with E-state index in [0.29, 0.717) is 12.7 Å². The molecule has 1 saturated heterocycles. The maximum absolute atomic E-state index is 5.56. The van der Waals surface area contributed by atoms with Crippen molar-refractivity contribution in [1.29, 1.82) is 0 Å². The van der Waals surface area contributed by atoms with Crippen molar-refractivity contribution in [1.82, 2.24) is 4.90 Å².